The van der Waals surface area contributed by atoms with Crippen molar-refractivity contribution in [1.29, 1.82) is 0 Å². The molecular formula is C13H24N2O4S. The van der Waals surface area contributed by atoms with Gasteiger partial charge in [-0.3, -0.25) is 4.99 Å². The maximum Gasteiger partial charge on any atom is 0.161 e. The number of fused-ring (bicyclic) bond motifs is 1. The third-order valence-electron chi connectivity index (χ3n) is 3.52. The number of aliphatic hydroxyl groups is 2. The molecule has 0 unspecified atom stereocenters. The standard InChI is InChI=1S/C13H24N2O4S/c1-5-6-18-7(2)11-10(17)9(16)8-12(19-11)20-13(14-8)15(3)4/h7-12,16-17H,5-6H2,1-4H3/t7-,8+,9+,10-,11+,12+/m0/s1. The molecule has 116 valence electrons. The molecule has 2 aliphatic heterocycles. The number of aliphatic imine (C=N–C) groups is 1. The molecule has 20 heavy (non-hydrogen) atoms. The van der Waals surface area contributed by atoms with Crippen LogP contribution in [0.4, 0.5) is 0 Å². The fourth-order valence-electron chi connectivity index (χ4n) is 2.38. The van der Waals surface area contributed by atoms with Gasteiger partial charge in [-0.05, 0) is 13.3 Å². The number of aliphatic hydroxyl groups excluding tert-OH is 2. The lowest BCUT2D eigenvalue weighted by Gasteiger charge is -2.40. The first-order chi connectivity index (χ1) is 9.45. The summed E-state index contributed by atoms with van der Waals surface area (Å²) in [7, 11) is 3.80. The zero-order valence-electron chi connectivity index (χ0n) is 12.4. The molecular weight excluding hydrogens is 280 g/mol. The molecule has 2 rings (SSSR count). The minimum Gasteiger partial charge on any atom is -0.388 e. The Hall–Kier alpha value is -0.340. The number of hydrogen-bond donors (Lipinski definition) is 2. The number of nitrogens with zero attached hydrogens (tertiary/aromatic N) is 2. The number of hydrogen-bond acceptors (Lipinski definition) is 7. The molecule has 0 saturated carbocycles. The van der Waals surface area contributed by atoms with E-state index >= 15 is 0 Å². The van der Waals surface area contributed by atoms with E-state index < -0.39 is 24.4 Å². The Balaban J connectivity index is 2.05. The highest BCUT2D eigenvalue weighted by Gasteiger charge is 2.50. The molecule has 2 heterocycles. The van der Waals surface area contributed by atoms with E-state index in [2.05, 4.69) is 4.99 Å². The van der Waals surface area contributed by atoms with Crippen LogP contribution in [0, 0.1) is 0 Å². The summed E-state index contributed by atoms with van der Waals surface area (Å²) in [6.07, 6.45) is -1.78. The highest BCUT2D eigenvalue weighted by molar-refractivity contribution is 8.14. The zero-order chi connectivity index (χ0) is 14.9. The van der Waals surface area contributed by atoms with Gasteiger partial charge in [0.05, 0.1) is 6.10 Å². The Morgan fingerprint density at radius 1 is 1.40 bits per heavy atom. The Morgan fingerprint density at radius 3 is 2.70 bits per heavy atom. The molecule has 7 heteroatoms. The molecule has 6 nitrogen and oxygen atoms in total. The molecule has 0 aromatic carbocycles. The van der Waals surface area contributed by atoms with Gasteiger partial charge >= 0.3 is 0 Å². The van der Waals surface area contributed by atoms with Gasteiger partial charge in [0, 0.05) is 20.7 Å². The summed E-state index contributed by atoms with van der Waals surface area (Å²) in [5.74, 6) is 0. The van der Waals surface area contributed by atoms with Gasteiger partial charge in [-0.25, -0.2) is 0 Å². The van der Waals surface area contributed by atoms with Gasteiger partial charge in [0.25, 0.3) is 0 Å². The molecule has 6 atom stereocenters. The smallest absolute Gasteiger partial charge is 0.161 e. The van der Waals surface area contributed by atoms with E-state index in [0.717, 1.165) is 11.6 Å². The van der Waals surface area contributed by atoms with Gasteiger partial charge in [-0.15, -0.1) is 0 Å². The summed E-state index contributed by atoms with van der Waals surface area (Å²) in [5.41, 5.74) is -0.261. The quantitative estimate of drug-likeness (QED) is 0.777. The van der Waals surface area contributed by atoms with Crippen LogP contribution in [0.3, 0.4) is 0 Å². The minimum atomic E-state index is -0.978. The molecule has 0 aromatic rings. The second kappa shape index (κ2) is 6.62. The van der Waals surface area contributed by atoms with Crippen molar-refractivity contribution < 1.29 is 19.7 Å². The number of ether oxygens (including phenoxy) is 2. The topological polar surface area (TPSA) is 74.5 Å². The Morgan fingerprint density at radius 2 is 2.10 bits per heavy atom. The van der Waals surface area contributed by atoms with Gasteiger partial charge < -0.3 is 24.6 Å². The van der Waals surface area contributed by atoms with Gasteiger partial charge in [0.1, 0.15) is 29.8 Å². The Bertz CT molecular complexity index is 366. The van der Waals surface area contributed by atoms with E-state index in [-0.39, 0.29) is 11.5 Å². The average Bonchev–Trinajstić information content (AvgIpc) is 2.84. The van der Waals surface area contributed by atoms with Crippen LogP contribution < -0.4 is 0 Å². The molecule has 0 bridgehead atoms. The largest absolute Gasteiger partial charge is 0.388 e. The fourth-order valence-corrected chi connectivity index (χ4v) is 3.52. The molecule has 1 saturated heterocycles. The first-order valence-corrected chi connectivity index (χ1v) is 7.88. The number of amidine groups is 1. The van der Waals surface area contributed by atoms with Crippen molar-refractivity contribution >= 4 is 16.9 Å². The Labute approximate surface area is 124 Å². The first kappa shape index (κ1) is 16.0. The van der Waals surface area contributed by atoms with Crippen LogP contribution in [0.1, 0.15) is 20.3 Å². The van der Waals surface area contributed by atoms with E-state index in [4.69, 9.17) is 9.47 Å². The van der Waals surface area contributed by atoms with Crippen molar-refractivity contribution in [3.63, 3.8) is 0 Å². The molecule has 2 aliphatic rings. The Kier molecular flexibility index (Phi) is 5.30. The summed E-state index contributed by atoms with van der Waals surface area (Å²) in [4.78, 5) is 6.31. The average molecular weight is 304 g/mol. The summed E-state index contributed by atoms with van der Waals surface area (Å²) < 4.78 is 11.5. The van der Waals surface area contributed by atoms with Crippen molar-refractivity contribution in [1.82, 2.24) is 4.90 Å². The molecule has 2 N–H and O–H groups in total. The van der Waals surface area contributed by atoms with Crippen molar-refractivity contribution in [3.05, 3.63) is 0 Å². The second-order valence-corrected chi connectivity index (χ2v) is 6.51. The van der Waals surface area contributed by atoms with Crippen LogP contribution in [-0.4, -0.2) is 76.9 Å². The van der Waals surface area contributed by atoms with Crippen LogP contribution in [0.5, 0.6) is 0 Å². The van der Waals surface area contributed by atoms with E-state index in [1.807, 2.05) is 32.8 Å². The van der Waals surface area contributed by atoms with Gasteiger partial charge in [-0.1, -0.05) is 18.7 Å². The zero-order valence-corrected chi connectivity index (χ0v) is 13.2. The van der Waals surface area contributed by atoms with E-state index in [9.17, 15) is 10.2 Å². The summed E-state index contributed by atoms with van der Waals surface area (Å²) >= 11 is 1.48. The lowest BCUT2D eigenvalue weighted by Crippen LogP contribution is -2.58. The summed E-state index contributed by atoms with van der Waals surface area (Å²) in [6.45, 7) is 4.51. The van der Waals surface area contributed by atoms with E-state index in [1.165, 1.54) is 11.8 Å². The normalized spacial score (nSPS) is 38.3. The van der Waals surface area contributed by atoms with Crippen LogP contribution in [0.25, 0.3) is 0 Å². The molecule has 0 spiro atoms. The predicted molar refractivity (Wildman–Crippen MR) is 78.9 cm³/mol. The van der Waals surface area contributed by atoms with Crippen LogP contribution >= 0.6 is 11.8 Å². The predicted octanol–water partition coefficient (Wildman–Crippen LogP) is 0.281. The lowest BCUT2D eigenvalue weighted by molar-refractivity contribution is -0.191. The first-order valence-electron chi connectivity index (χ1n) is 7.00. The second-order valence-electron chi connectivity index (χ2n) is 5.44. The third-order valence-corrected chi connectivity index (χ3v) is 4.82. The monoisotopic (exact) mass is 304 g/mol. The van der Waals surface area contributed by atoms with Crippen LogP contribution in [-0.2, 0) is 9.47 Å². The summed E-state index contributed by atoms with van der Waals surface area (Å²) in [6, 6.07) is -0.415. The molecule has 0 aromatic heterocycles. The van der Waals surface area contributed by atoms with E-state index in [1.54, 1.807) is 0 Å². The van der Waals surface area contributed by atoms with Crippen LogP contribution in [0.15, 0.2) is 4.99 Å². The van der Waals surface area contributed by atoms with Crippen molar-refractivity contribution in [3.8, 4) is 0 Å². The molecule has 0 radical (unpaired) electrons. The van der Waals surface area contributed by atoms with Crippen molar-refractivity contribution in [2.45, 2.75) is 56.2 Å². The molecule has 0 amide bonds. The molecule has 1 fully saturated rings. The third kappa shape index (κ3) is 3.12. The highest BCUT2D eigenvalue weighted by atomic mass is 32.2. The van der Waals surface area contributed by atoms with Crippen molar-refractivity contribution in [2.24, 2.45) is 4.99 Å². The maximum absolute atomic E-state index is 10.3. The maximum atomic E-state index is 10.3. The van der Waals surface area contributed by atoms with Crippen molar-refractivity contribution in [2.75, 3.05) is 20.7 Å². The molecule has 0 aliphatic carbocycles. The highest BCUT2D eigenvalue weighted by Crippen LogP contribution is 2.38. The number of rotatable bonds is 4. The lowest BCUT2D eigenvalue weighted by atomic mass is 9.95. The van der Waals surface area contributed by atoms with Gasteiger partial charge in [-0.2, -0.15) is 0 Å². The van der Waals surface area contributed by atoms with Gasteiger partial charge in [0.2, 0.25) is 0 Å². The summed E-state index contributed by atoms with van der Waals surface area (Å²) in [5, 5.41) is 21.3. The van der Waals surface area contributed by atoms with Crippen LogP contribution in [0.2, 0.25) is 0 Å². The van der Waals surface area contributed by atoms with Gasteiger partial charge in [0.15, 0.2) is 5.17 Å². The minimum absolute atomic E-state index is 0.260. The fraction of sp³-hybridized carbons (Fsp3) is 0.923. The SMILES string of the molecule is CCCO[C@@H](C)[C@H]1O[C@@H]2SC(N(C)C)=N[C@@H]2[C@@H](O)[C@@H]1O. The van der Waals surface area contributed by atoms with E-state index in [0.29, 0.717) is 6.61 Å². The number of thioether (sulfide) groups is 1.